The zero-order chi connectivity index (χ0) is 10.0. The molecule has 2 aliphatic rings. The minimum atomic E-state index is -0.636. The lowest BCUT2D eigenvalue weighted by Gasteiger charge is -2.34. The van der Waals surface area contributed by atoms with Gasteiger partial charge in [-0.15, -0.1) is 0 Å². The Morgan fingerprint density at radius 1 is 1.21 bits per heavy atom. The maximum Gasteiger partial charge on any atom is 0.266 e. The lowest BCUT2D eigenvalue weighted by molar-refractivity contribution is -0.176. The second kappa shape index (κ2) is 3.87. The van der Waals surface area contributed by atoms with Crippen LogP contribution in [0.3, 0.4) is 0 Å². The first-order chi connectivity index (χ1) is 6.72. The van der Waals surface area contributed by atoms with Crippen molar-refractivity contribution in [2.45, 2.75) is 44.1 Å². The second-order valence-corrected chi connectivity index (χ2v) is 4.31. The average Bonchev–Trinajstić information content (AvgIpc) is 2.70. The van der Waals surface area contributed by atoms with Gasteiger partial charge in [-0.1, -0.05) is 19.3 Å². The fourth-order valence-electron chi connectivity index (χ4n) is 2.25. The summed E-state index contributed by atoms with van der Waals surface area (Å²) in [6.45, 7) is 1.36. The minimum absolute atomic E-state index is 0.00491. The zero-order valence-electron chi connectivity index (χ0n) is 8.50. The number of amides is 1. The molecule has 1 saturated carbocycles. The van der Waals surface area contributed by atoms with Crippen LogP contribution >= 0.6 is 0 Å². The summed E-state index contributed by atoms with van der Waals surface area (Å²) >= 11 is 0. The molecule has 0 aromatic rings. The summed E-state index contributed by atoms with van der Waals surface area (Å²) in [6, 6.07) is 0. The van der Waals surface area contributed by atoms with Gasteiger partial charge in [-0.05, 0) is 19.3 Å². The third kappa shape index (κ3) is 1.77. The van der Waals surface area contributed by atoms with Crippen LogP contribution in [0.4, 0.5) is 0 Å². The monoisotopic (exact) mass is 198 g/mol. The van der Waals surface area contributed by atoms with E-state index in [4.69, 9.17) is 10.6 Å². The van der Waals surface area contributed by atoms with E-state index < -0.39 is 5.54 Å². The molecule has 2 fully saturated rings. The Morgan fingerprint density at radius 2 is 1.93 bits per heavy atom. The average molecular weight is 198 g/mol. The number of nitrogens with zero attached hydrogens (tertiary/aromatic N) is 1. The molecule has 0 aromatic carbocycles. The standard InChI is InChI=1S/C10H18N2O2/c11-10(5-2-1-3-6-10)9(13)12-7-4-8-14-12/h1-8,11H2. The highest BCUT2D eigenvalue weighted by atomic mass is 16.7. The van der Waals surface area contributed by atoms with Crippen molar-refractivity contribution in [2.24, 2.45) is 5.73 Å². The Kier molecular flexibility index (Phi) is 2.74. The number of nitrogens with two attached hydrogens (primary N) is 1. The van der Waals surface area contributed by atoms with E-state index in [1.807, 2.05) is 0 Å². The van der Waals surface area contributed by atoms with E-state index in [2.05, 4.69) is 0 Å². The van der Waals surface area contributed by atoms with Gasteiger partial charge in [0.05, 0.1) is 18.7 Å². The number of hydrogen-bond acceptors (Lipinski definition) is 3. The summed E-state index contributed by atoms with van der Waals surface area (Å²) in [4.78, 5) is 17.2. The molecule has 2 rings (SSSR count). The van der Waals surface area contributed by atoms with Crippen molar-refractivity contribution >= 4 is 5.91 Å². The molecule has 1 saturated heterocycles. The first-order valence-corrected chi connectivity index (χ1v) is 5.46. The largest absolute Gasteiger partial charge is 0.317 e. The van der Waals surface area contributed by atoms with Crippen LogP contribution in [0.15, 0.2) is 0 Å². The van der Waals surface area contributed by atoms with Gasteiger partial charge in [0.2, 0.25) is 0 Å². The molecule has 0 spiro atoms. The number of hydroxylamine groups is 2. The smallest absolute Gasteiger partial charge is 0.266 e. The molecule has 0 bridgehead atoms. The summed E-state index contributed by atoms with van der Waals surface area (Å²) in [5.41, 5.74) is 5.47. The fraction of sp³-hybridized carbons (Fsp3) is 0.900. The van der Waals surface area contributed by atoms with E-state index in [-0.39, 0.29) is 5.91 Å². The maximum absolute atomic E-state index is 12.0. The lowest BCUT2D eigenvalue weighted by Crippen LogP contribution is -2.55. The first kappa shape index (κ1) is 9.93. The first-order valence-electron chi connectivity index (χ1n) is 5.46. The molecule has 14 heavy (non-hydrogen) atoms. The van der Waals surface area contributed by atoms with Crippen LogP contribution in [0.25, 0.3) is 0 Å². The maximum atomic E-state index is 12.0. The molecule has 80 valence electrons. The van der Waals surface area contributed by atoms with Gasteiger partial charge in [0.15, 0.2) is 0 Å². The van der Waals surface area contributed by atoms with E-state index in [0.29, 0.717) is 13.2 Å². The molecule has 0 aromatic heterocycles. The Morgan fingerprint density at radius 3 is 2.50 bits per heavy atom. The Balaban J connectivity index is 2.00. The van der Waals surface area contributed by atoms with Gasteiger partial charge in [0.25, 0.3) is 5.91 Å². The molecule has 0 atom stereocenters. The third-order valence-electron chi connectivity index (χ3n) is 3.15. The SMILES string of the molecule is NC1(C(=O)N2CCCO2)CCCCC1. The normalized spacial score (nSPS) is 26.5. The van der Waals surface area contributed by atoms with E-state index in [0.717, 1.165) is 32.1 Å². The van der Waals surface area contributed by atoms with Crippen LogP contribution in [0.1, 0.15) is 38.5 Å². The van der Waals surface area contributed by atoms with E-state index >= 15 is 0 Å². The van der Waals surface area contributed by atoms with E-state index in [1.54, 1.807) is 0 Å². The predicted molar refractivity (Wildman–Crippen MR) is 52.3 cm³/mol. The summed E-state index contributed by atoms with van der Waals surface area (Å²) in [5, 5.41) is 1.46. The van der Waals surface area contributed by atoms with Gasteiger partial charge in [0.1, 0.15) is 0 Å². The number of carbonyl (C=O) groups excluding carboxylic acids is 1. The fourth-order valence-corrected chi connectivity index (χ4v) is 2.25. The summed E-state index contributed by atoms with van der Waals surface area (Å²) < 4.78 is 0. The van der Waals surface area contributed by atoms with Gasteiger partial charge in [0, 0.05) is 0 Å². The summed E-state index contributed by atoms with van der Waals surface area (Å²) in [7, 11) is 0. The van der Waals surface area contributed by atoms with E-state index in [9.17, 15) is 4.79 Å². The summed E-state index contributed by atoms with van der Waals surface area (Å²) in [6.07, 6.45) is 5.89. The quantitative estimate of drug-likeness (QED) is 0.678. The van der Waals surface area contributed by atoms with Gasteiger partial charge in [-0.2, -0.15) is 0 Å². The molecule has 0 unspecified atom stereocenters. The van der Waals surface area contributed by atoms with Crippen molar-refractivity contribution in [1.82, 2.24) is 5.06 Å². The highest BCUT2D eigenvalue weighted by molar-refractivity contribution is 5.85. The Bertz CT molecular complexity index is 218. The van der Waals surface area contributed by atoms with Gasteiger partial charge in [-0.25, -0.2) is 5.06 Å². The molecule has 2 N–H and O–H groups in total. The minimum Gasteiger partial charge on any atom is -0.317 e. The molecule has 4 heteroatoms. The van der Waals surface area contributed by atoms with Crippen molar-refractivity contribution in [1.29, 1.82) is 0 Å². The molecule has 1 heterocycles. The molecule has 0 radical (unpaired) electrons. The van der Waals surface area contributed by atoms with Gasteiger partial charge >= 0.3 is 0 Å². The topological polar surface area (TPSA) is 55.6 Å². The molecule has 1 aliphatic carbocycles. The van der Waals surface area contributed by atoms with Crippen molar-refractivity contribution in [3.8, 4) is 0 Å². The number of carbonyl (C=O) groups is 1. The van der Waals surface area contributed by atoms with Crippen LogP contribution in [0.5, 0.6) is 0 Å². The van der Waals surface area contributed by atoms with Crippen LogP contribution in [-0.2, 0) is 9.63 Å². The number of hydrogen-bond donors (Lipinski definition) is 1. The lowest BCUT2D eigenvalue weighted by atomic mass is 9.82. The second-order valence-electron chi connectivity index (χ2n) is 4.31. The molecule has 1 aliphatic heterocycles. The van der Waals surface area contributed by atoms with Crippen molar-refractivity contribution < 1.29 is 9.63 Å². The van der Waals surface area contributed by atoms with E-state index in [1.165, 1.54) is 11.5 Å². The Labute approximate surface area is 84.3 Å². The molecule has 1 amide bonds. The van der Waals surface area contributed by atoms with Crippen LogP contribution in [-0.4, -0.2) is 29.7 Å². The third-order valence-corrected chi connectivity index (χ3v) is 3.15. The molecule has 4 nitrogen and oxygen atoms in total. The summed E-state index contributed by atoms with van der Waals surface area (Å²) in [5.74, 6) is -0.00491. The van der Waals surface area contributed by atoms with Crippen molar-refractivity contribution in [3.63, 3.8) is 0 Å². The zero-order valence-corrected chi connectivity index (χ0v) is 8.50. The Hall–Kier alpha value is -0.610. The predicted octanol–water partition coefficient (Wildman–Crippen LogP) is 0.812. The molecular weight excluding hydrogens is 180 g/mol. The highest BCUT2D eigenvalue weighted by Crippen LogP contribution is 2.28. The van der Waals surface area contributed by atoms with Crippen LogP contribution in [0, 0.1) is 0 Å². The van der Waals surface area contributed by atoms with Crippen molar-refractivity contribution in [2.75, 3.05) is 13.2 Å². The number of rotatable bonds is 1. The van der Waals surface area contributed by atoms with Gasteiger partial charge in [-0.3, -0.25) is 9.63 Å². The van der Waals surface area contributed by atoms with Crippen LogP contribution in [0.2, 0.25) is 0 Å². The molecular formula is C10H18N2O2. The van der Waals surface area contributed by atoms with Crippen LogP contribution < -0.4 is 5.73 Å². The van der Waals surface area contributed by atoms with Crippen molar-refractivity contribution in [3.05, 3.63) is 0 Å². The van der Waals surface area contributed by atoms with Gasteiger partial charge < -0.3 is 5.73 Å². The highest BCUT2D eigenvalue weighted by Gasteiger charge is 2.39.